The second-order valence-corrected chi connectivity index (χ2v) is 6.98. The fourth-order valence-electron chi connectivity index (χ4n) is 2.98. The van der Waals surface area contributed by atoms with Gasteiger partial charge in [-0.05, 0) is 18.2 Å². The minimum Gasteiger partial charge on any atom is -0.497 e. The van der Waals surface area contributed by atoms with Crippen LogP contribution in [-0.2, 0) is 18.4 Å². The summed E-state index contributed by atoms with van der Waals surface area (Å²) < 4.78 is 12.7. The highest BCUT2D eigenvalue weighted by Crippen LogP contribution is 2.27. The maximum atomic E-state index is 12.5. The molecule has 4 rings (SSSR count). The molecule has 0 amide bonds. The molecule has 0 N–H and O–H groups in total. The van der Waals surface area contributed by atoms with Gasteiger partial charge >= 0.3 is 5.97 Å². The zero-order valence-electron chi connectivity index (χ0n) is 15.0. The van der Waals surface area contributed by atoms with E-state index >= 15 is 0 Å². The zero-order valence-corrected chi connectivity index (χ0v) is 15.8. The summed E-state index contributed by atoms with van der Waals surface area (Å²) in [7, 11) is 3.55. The Morgan fingerprint density at radius 3 is 2.89 bits per heavy atom. The van der Waals surface area contributed by atoms with Crippen molar-refractivity contribution in [2.24, 2.45) is 7.05 Å². The van der Waals surface area contributed by atoms with E-state index < -0.39 is 0 Å². The first-order chi connectivity index (χ1) is 13.2. The van der Waals surface area contributed by atoms with E-state index in [2.05, 4.69) is 4.98 Å². The lowest BCUT2D eigenvalue weighted by Gasteiger charge is -2.02. The molecule has 0 atom stereocenters. The number of fused-ring (bicyclic) bond motifs is 1. The van der Waals surface area contributed by atoms with Crippen LogP contribution in [0.3, 0.4) is 0 Å². The standard InChI is InChI=1S/C21H18N2O3S/c1-23-11-18(17-8-3-4-9-19(17)23)21(24)26-12-15-13-27-20(22-15)14-6-5-7-16(10-14)25-2/h3-11,13H,12H2,1-2H3. The molecular weight excluding hydrogens is 360 g/mol. The largest absolute Gasteiger partial charge is 0.497 e. The fourth-order valence-corrected chi connectivity index (χ4v) is 3.78. The van der Waals surface area contributed by atoms with Crippen LogP contribution in [0.25, 0.3) is 21.5 Å². The fraction of sp³-hybridized carbons (Fsp3) is 0.143. The van der Waals surface area contributed by atoms with Crippen LogP contribution in [0.2, 0.25) is 0 Å². The first kappa shape index (κ1) is 17.3. The van der Waals surface area contributed by atoms with E-state index in [0.29, 0.717) is 5.56 Å². The third-order valence-electron chi connectivity index (χ3n) is 4.34. The first-order valence-corrected chi connectivity index (χ1v) is 9.33. The molecule has 0 aliphatic carbocycles. The molecule has 0 radical (unpaired) electrons. The molecule has 0 unspecified atom stereocenters. The number of carbonyl (C=O) groups is 1. The summed E-state index contributed by atoms with van der Waals surface area (Å²) in [6.07, 6.45) is 1.80. The minimum absolute atomic E-state index is 0.141. The van der Waals surface area contributed by atoms with Crippen molar-refractivity contribution in [2.45, 2.75) is 6.61 Å². The van der Waals surface area contributed by atoms with Gasteiger partial charge in [-0.2, -0.15) is 0 Å². The van der Waals surface area contributed by atoms with Crippen LogP contribution < -0.4 is 4.74 Å². The van der Waals surface area contributed by atoms with Gasteiger partial charge in [0.2, 0.25) is 0 Å². The number of ether oxygens (including phenoxy) is 2. The average Bonchev–Trinajstić information content (AvgIpc) is 3.31. The van der Waals surface area contributed by atoms with Crippen molar-refractivity contribution in [3.05, 3.63) is 71.4 Å². The summed E-state index contributed by atoms with van der Waals surface area (Å²) in [6, 6.07) is 15.5. The Kier molecular flexibility index (Phi) is 4.64. The smallest absolute Gasteiger partial charge is 0.340 e. The average molecular weight is 378 g/mol. The number of aromatic nitrogens is 2. The molecule has 5 nitrogen and oxygen atoms in total. The number of hydrogen-bond acceptors (Lipinski definition) is 5. The summed E-state index contributed by atoms with van der Waals surface area (Å²) >= 11 is 1.51. The number of aryl methyl sites for hydroxylation is 1. The Hall–Kier alpha value is -3.12. The van der Waals surface area contributed by atoms with Crippen molar-refractivity contribution in [1.82, 2.24) is 9.55 Å². The zero-order chi connectivity index (χ0) is 18.8. The number of thiazole rings is 1. The molecule has 6 heteroatoms. The van der Waals surface area contributed by atoms with E-state index in [1.165, 1.54) is 11.3 Å². The van der Waals surface area contributed by atoms with E-state index in [0.717, 1.165) is 32.9 Å². The Balaban J connectivity index is 1.49. The molecule has 0 aliphatic rings. The summed E-state index contributed by atoms with van der Waals surface area (Å²) in [4.78, 5) is 17.1. The normalized spacial score (nSPS) is 10.9. The predicted molar refractivity (Wildman–Crippen MR) is 106 cm³/mol. The third-order valence-corrected chi connectivity index (χ3v) is 5.28. The highest BCUT2D eigenvalue weighted by atomic mass is 32.1. The van der Waals surface area contributed by atoms with Gasteiger partial charge in [-0.25, -0.2) is 9.78 Å². The number of methoxy groups -OCH3 is 1. The third kappa shape index (κ3) is 3.44. The van der Waals surface area contributed by atoms with Crippen LogP contribution in [0.15, 0.2) is 60.1 Å². The summed E-state index contributed by atoms with van der Waals surface area (Å²) in [5.74, 6) is 0.439. The number of rotatable bonds is 5. The molecule has 0 saturated carbocycles. The Morgan fingerprint density at radius 2 is 2.04 bits per heavy atom. The monoisotopic (exact) mass is 378 g/mol. The van der Waals surface area contributed by atoms with Gasteiger partial charge in [-0.1, -0.05) is 30.3 Å². The van der Waals surface area contributed by atoms with E-state index in [4.69, 9.17) is 9.47 Å². The predicted octanol–water partition coefficient (Wildman–Crippen LogP) is 4.67. The summed E-state index contributed by atoms with van der Waals surface area (Å²) in [5, 5.41) is 3.66. The molecule has 27 heavy (non-hydrogen) atoms. The van der Waals surface area contributed by atoms with Crippen LogP contribution in [0, 0.1) is 0 Å². The second-order valence-electron chi connectivity index (χ2n) is 6.12. The topological polar surface area (TPSA) is 53.4 Å². The van der Waals surface area contributed by atoms with Crippen molar-refractivity contribution in [3.63, 3.8) is 0 Å². The highest BCUT2D eigenvalue weighted by molar-refractivity contribution is 7.13. The Labute approximate surface area is 160 Å². The van der Waals surface area contributed by atoms with Gasteiger partial charge in [0.15, 0.2) is 0 Å². The van der Waals surface area contributed by atoms with Gasteiger partial charge in [0.25, 0.3) is 0 Å². The maximum Gasteiger partial charge on any atom is 0.340 e. The lowest BCUT2D eigenvalue weighted by molar-refractivity contribution is 0.0470. The molecular formula is C21H18N2O3S. The summed E-state index contributed by atoms with van der Waals surface area (Å²) in [5.41, 5.74) is 3.27. The molecule has 0 saturated heterocycles. The van der Waals surface area contributed by atoms with Gasteiger partial charge < -0.3 is 14.0 Å². The van der Waals surface area contributed by atoms with Gasteiger partial charge in [-0.3, -0.25) is 0 Å². The molecule has 2 aromatic carbocycles. The quantitative estimate of drug-likeness (QED) is 0.474. The lowest BCUT2D eigenvalue weighted by Crippen LogP contribution is -2.05. The Bertz CT molecular complexity index is 1110. The molecule has 136 valence electrons. The highest BCUT2D eigenvalue weighted by Gasteiger charge is 2.16. The Morgan fingerprint density at radius 1 is 1.19 bits per heavy atom. The molecule has 0 fully saturated rings. The molecule has 0 bridgehead atoms. The van der Waals surface area contributed by atoms with E-state index in [1.54, 1.807) is 13.3 Å². The van der Waals surface area contributed by atoms with E-state index in [1.807, 2.05) is 65.5 Å². The number of esters is 1. The van der Waals surface area contributed by atoms with E-state index in [9.17, 15) is 4.79 Å². The number of nitrogens with zero attached hydrogens (tertiary/aromatic N) is 2. The molecule has 2 aromatic heterocycles. The van der Waals surface area contributed by atoms with Crippen LogP contribution in [-0.4, -0.2) is 22.6 Å². The van der Waals surface area contributed by atoms with Gasteiger partial charge in [0, 0.05) is 35.1 Å². The van der Waals surface area contributed by atoms with Gasteiger partial charge in [-0.15, -0.1) is 11.3 Å². The van der Waals surface area contributed by atoms with Crippen molar-refractivity contribution >= 4 is 28.2 Å². The number of benzene rings is 2. The van der Waals surface area contributed by atoms with Crippen LogP contribution in [0.4, 0.5) is 0 Å². The van der Waals surface area contributed by atoms with Crippen molar-refractivity contribution in [3.8, 4) is 16.3 Å². The van der Waals surface area contributed by atoms with Crippen molar-refractivity contribution in [1.29, 1.82) is 0 Å². The van der Waals surface area contributed by atoms with Crippen LogP contribution in [0.5, 0.6) is 5.75 Å². The maximum absolute atomic E-state index is 12.5. The van der Waals surface area contributed by atoms with E-state index in [-0.39, 0.29) is 12.6 Å². The number of hydrogen-bond donors (Lipinski definition) is 0. The molecule has 2 heterocycles. The van der Waals surface area contributed by atoms with Crippen molar-refractivity contribution in [2.75, 3.05) is 7.11 Å². The summed E-state index contributed by atoms with van der Waals surface area (Å²) in [6.45, 7) is 0.141. The molecule has 0 spiro atoms. The minimum atomic E-state index is -0.345. The lowest BCUT2D eigenvalue weighted by atomic mass is 10.2. The number of carbonyl (C=O) groups excluding carboxylic acids is 1. The second kappa shape index (κ2) is 7.25. The SMILES string of the molecule is COc1cccc(-c2nc(COC(=O)c3cn(C)c4ccccc34)cs2)c1. The number of para-hydroxylation sites is 1. The molecule has 0 aliphatic heterocycles. The van der Waals surface area contributed by atoms with Crippen molar-refractivity contribution < 1.29 is 14.3 Å². The van der Waals surface area contributed by atoms with Crippen LogP contribution in [0.1, 0.15) is 16.1 Å². The van der Waals surface area contributed by atoms with Gasteiger partial charge in [0.1, 0.15) is 17.4 Å². The first-order valence-electron chi connectivity index (χ1n) is 8.45. The van der Waals surface area contributed by atoms with Crippen LogP contribution >= 0.6 is 11.3 Å². The molecule has 4 aromatic rings. The van der Waals surface area contributed by atoms with Gasteiger partial charge in [0.05, 0.1) is 18.4 Å².